The summed E-state index contributed by atoms with van der Waals surface area (Å²) in [6, 6.07) is 0.690. The Kier molecular flexibility index (Phi) is 5.45. The minimum absolute atomic E-state index is 0.199. The van der Waals surface area contributed by atoms with Crippen LogP contribution >= 0.6 is 11.3 Å². The Morgan fingerprint density at radius 3 is 2.59 bits per heavy atom. The van der Waals surface area contributed by atoms with E-state index in [-0.39, 0.29) is 12.1 Å². The Morgan fingerprint density at radius 2 is 2.09 bits per heavy atom. The average molecular weight is 325 g/mol. The largest absolute Gasteiger partial charge is 0.444 e. The van der Waals surface area contributed by atoms with E-state index in [9.17, 15) is 4.79 Å². The number of aryl methyl sites for hydroxylation is 1. The molecule has 22 heavy (non-hydrogen) atoms. The Bertz CT molecular complexity index is 502. The van der Waals surface area contributed by atoms with Crippen LogP contribution in [0.25, 0.3) is 0 Å². The minimum Gasteiger partial charge on any atom is -0.444 e. The van der Waals surface area contributed by atoms with Crippen molar-refractivity contribution >= 4 is 17.4 Å². The maximum absolute atomic E-state index is 12.0. The van der Waals surface area contributed by atoms with Crippen LogP contribution in [0.15, 0.2) is 6.20 Å². The van der Waals surface area contributed by atoms with E-state index in [0.717, 1.165) is 30.9 Å². The standard InChI is InChI=1S/C16H27N3O2S/c1-11-10-17-14(22-11)12(2)18-13-6-8-19(9-7-13)15(20)21-16(3,4)5/h10,12-13,18H,6-9H2,1-5H3. The summed E-state index contributed by atoms with van der Waals surface area (Å²) >= 11 is 1.74. The lowest BCUT2D eigenvalue weighted by molar-refractivity contribution is 0.0196. The lowest BCUT2D eigenvalue weighted by Crippen LogP contribution is -2.46. The third kappa shape index (κ3) is 4.95. The summed E-state index contributed by atoms with van der Waals surface area (Å²) in [6.45, 7) is 11.4. The Morgan fingerprint density at radius 1 is 1.45 bits per heavy atom. The SMILES string of the molecule is Cc1cnc(C(C)NC2CCN(C(=O)OC(C)(C)C)CC2)s1. The highest BCUT2D eigenvalue weighted by atomic mass is 32.1. The van der Waals surface area contributed by atoms with Crippen molar-refractivity contribution in [1.82, 2.24) is 15.2 Å². The van der Waals surface area contributed by atoms with Crippen molar-refractivity contribution in [2.45, 2.75) is 65.1 Å². The maximum atomic E-state index is 12.0. The fourth-order valence-electron chi connectivity index (χ4n) is 2.55. The molecule has 1 aliphatic heterocycles. The lowest BCUT2D eigenvalue weighted by atomic mass is 10.0. The first-order valence-electron chi connectivity index (χ1n) is 7.91. The van der Waals surface area contributed by atoms with E-state index in [1.165, 1.54) is 4.88 Å². The number of hydrogen-bond donors (Lipinski definition) is 1. The number of piperidine rings is 1. The lowest BCUT2D eigenvalue weighted by Gasteiger charge is -2.34. The summed E-state index contributed by atoms with van der Waals surface area (Å²) in [6.07, 6.45) is 3.63. The van der Waals surface area contributed by atoms with Crippen molar-refractivity contribution in [2.75, 3.05) is 13.1 Å². The Hall–Kier alpha value is -1.14. The quantitative estimate of drug-likeness (QED) is 0.924. The number of amides is 1. The van der Waals surface area contributed by atoms with Gasteiger partial charge in [0.25, 0.3) is 0 Å². The van der Waals surface area contributed by atoms with Crippen molar-refractivity contribution in [1.29, 1.82) is 0 Å². The Balaban J connectivity index is 1.78. The van der Waals surface area contributed by atoms with Gasteiger partial charge < -0.3 is 15.0 Å². The first-order valence-corrected chi connectivity index (χ1v) is 8.72. The van der Waals surface area contributed by atoms with Gasteiger partial charge in [-0.3, -0.25) is 0 Å². The summed E-state index contributed by atoms with van der Waals surface area (Å²) in [7, 11) is 0. The van der Waals surface area contributed by atoms with Gasteiger partial charge in [0.1, 0.15) is 10.6 Å². The summed E-state index contributed by atoms with van der Waals surface area (Å²) in [4.78, 5) is 19.5. The van der Waals surface area contributed by atoms with Crippen LogP contribution in [0, 0.1) is 6.92 Å². The van der Waals surface area contributed by atoms with Gasteiger partial charge in [-0.2, -0.15) is 0 Å². The number of aromatic nitrogens is 1. The average Bonchev–Trinajstić information content (AvgIpc) is 2.84. The summed E-state index contributed by atoms with van der Waals surface area (Å²) in [5, 5.41) is 4.76. The topological polar surface area (TPSA) is 54.5 Å². The molecule has 1 fully saturated rings. The molecule has 0 aromatic carbocycles. The molecule has 1 saturated heterocycles. The molecule has 0 bridgehead atoms. The highest BCUT2D eigenvalue weighted by Gasteiger charge is 2.27. The number of likely N-dealkylation sites (tertiary alicyclic amines) is 1. The predicted octanol–water partition coefficient (Wildman–Crippen LogP) is 3.50. The number of ether oxygens (including phenoxy) is 1. The van der Waals surface area contributed by atoms with Crippen LogP contribution in [0.3, 0.4) is 0 Å². The smallest absolute Gasteiger partial charge is 0.410 e. The zero-order valence-electron chi connectivity index (χ0n) is 14.2. The summed E-state index contributed by atoms with van der Waals surface area (Å²) < 4.78 is 5.42. The van der Waals surface area contributed by atoms with Crippen molar-refractivity contribution in [2.24, 2.45) is 0 Å². The van der Waals surface area contributed by atoms with Crippen molar-refractivity contribution < 1.29 is 9.53 Å². The van der Waals surface area contributed by atoms with Crippen LogP contribution in [0.5, 0.6) is 0 Å². The molecule has 0 saturated carbocycles. The number of thiazole rings is 1. The van der Waals surface area contributed by atoms with Crippen LogP contribution in [-0.2, 0) is 4.74 Å². The third-order valence-corrected chi connectivity index (χ3v) is 4.74. The van der Waals surface area contributed by atoms with Gasteiger partial charge in [-0.15, -0.1) is 11.3 Å². The number of carbonyl (C=O) groups excluding carboxylic acids is 1. The van der Waals surface area contributed by atoms with Crippen LogP contribution in [0.4, 0.5) is 4.79 Å². The molecular formula is C16H27N3O2S. The predicted molar refractivity (Wildman–Crippen MR) is 89.2 cm³/mol. The third-order valence-electron chi connectivity index (χ3n) is 3.64. The first-order chi connectivity index (χ1) is 10.2. The van der Waals surface area contributed by atoms with Crippen molar-refractivity contribution in [3.63, 3.8) is 0 Å². The van der Waals surface area contributed by atoms with Gasteiger partial charge in [0.2, 0.25) is 0 Å². The van der Waals surface area contributed by atoms with E-state index in [2.05, 4.69) is 24.1 Å². The van der Waals surface area contributed by atoms with Gasteiger partial charge in [0.05, 0.1) is 6.04 Å². The number of carbonyl (C=O) groups is 1. The molecule has 0 aliphatic carbocycles. The van der Waals surface area contributed by atoms with Gasteiger partial charge >= 0.3 is 6.09 Å². The second-order valence-electron chi connectivity index (χ2n) is 6.94. The monoisotopic (exact) mass is 325 g/mol. The summed E-state index contributed by atoms with van der Waals surface area (Å²) in [5.41, 5.74) is -0.427. The molecule has 0 spiro atoms. The highest BCUT2D eigenvalue weighted by molar-refractivity contribution is 7.11. The van der Waals surface area contributed by atoms with Gasteiger partial charge in [0.15, 0.2) is 0 Å². The molecule has 1 atom stereocenters. The van der Waals surface area contributed by atoms with E-state index >= 15 is 0 Å². The van der Waals surface area contributed by atoms with E-state index in [1.807, 2.05) is 31.9 Å². The number of hydrogen-bond acceptors (Lipinski definition) is 5. The molecular weight excluding hydrogens is 298 g/mol. The number of nitrogens with one attached hydrogen (secondary N) is 1. The minimum atomic E-state index is -0.427. The van der Waals surface area contributed by atoms with Crippen LogP contribution in [-0.4, -0.2) is 40.7 Å². The molecule has 1 amide bonds. The molecule has 5 nitrogen and oxygen atoms in total. The van der Waals surface area contributed by atoms with Crippen LogP contribution in [0.1, 0.15) is 56.5 Å². The van der Waals surface area contributed by atoms with Gasteiger partial charge in [-0.05, 0) is 47.5 Å². The normalized spacial score (nSPS) is 18.3. The van der Waals surface area contributed by atoms with E-state index in [1.54, 1.807) is 11.3 Å². The first kappa shape index (κ1) is 17.2. The molecule has 2 rings (SSSR count). The van der Waals surface area contributed by atoms with Crippen LogP contribution in [0.2, 0.25) is 0 Å². The maximum Gasteiger partial charge on any atom is 0.410 e. The zero-order valence-corrected chi connectivity index (χ0v) is 15.0. The van der Waals surface area contributed by atoms with E-state index < -0.39 is 5.60 Å². The molecule has 1 aliphatic rings. The fourth-order valence-corrected chi connectivity index (χ4v) is 3.34. The fraction of sp³-hybridized carbons (Fsp3) is 0.750. The summed E-state index contributed by atoms with van der Waals surface area (Å²) in [5.74, 6) is 0. The second-order valence-corrected chi connectivity index (χ2v) is 8.21. The molecule has 124 valence electrons. The van der Waals surface area contributed by atoms with Gasteiger partial charge in [-0.25, -0.2) is 9.78 Å². The molecule has 1 aromatic heterocycles. The van der Waals surface area contributed by atoms with Gasteiger partial charge in [0, 0.05) is 30.2 Å². The van der Waals surface area contributed by atoms with E-state index in [0.29, 0.717) is 6.04 Å². The van der Waals surface area contributed by atoms with Gasteiger partial charge in [-0.1, -0.05) is 0 Å². The van der Waals surface area contributed by atoms with E-state index in [4.69, 9.17) is 4.74 Å². The van der Waals surface area contributed by atoms with Crippen molar-refractivity contribution in [3.8, 4) is 0 Å². The Labute approximate surface area is 137 Å². The number of rotatable bonds is 3. The molecule has 2 heterocycles. The molecule has 1 N–H and O–H groups in total. The number of nitrogens with zero attached hydrogens (tertiary/aromatic N) is 2. The zero-order chi connectivity index (χ0) is 16.3. The highest BCUT2D eigenvalue weighted by Crippen LogP contribution is 2.22. The molecule has 6 heteroatoms. The molecule has 1 unspecified atom stereocenters. The molecule has 1 aromatic rings. The molecule has 0 radical (unpaired) electrons. The second kappa shape index (κ2) is 6.96. The van der Waals surface area contributed by atoms with Crippen molar-refractivity contribution in [3.05, 3.63) is 16.1 Å². The van der Waals surface area contributed by atoms with Crippen LogP contribution < -0.4 is 5.32 Å².